The molecule has 9 nitrogen and oxygen atoms in total. The van der Waals surface area contributed by atoms with Crippen LogP contribution in [0.3, 0.4) is 0 Å². The molecule has 0 N–H and O–H groups in total. The molecular weight excluding hydrogens is 438 g/mol. The number of fused-ring (bicyclic) bond motifs is 4. The fourth-order valence-electron chi connectivity index (χ4n) is 4.35. The van der Waals surface area contributed by atoms with Crippen LogP contribution in [0.4, 0.5) is 11.4 Å². The van der Waals surface area contributed by atoms with Crippen molar-refractivity contribution in [3.63, 3.8) is 0 Å². The summed E-state index contributed by atoms with van der Waals surface area (Å²) in [6.45, 7) is 0. The quantitative estimate of drug-likeness (QED) is 0.128. The Kier molecular flexibility index (Phi) is 4.85. The van der Waals surface area contributed by atoms with E-state index in [1.165, 1.54) is 19.2 Å². The van der Waals surface area contributed by atoms with Crippen LogP contribution in [0, 0.1) is 10.1 Å². The molecule has 9 heteroatoms. The summed E-state index contributed by atoms with van der Waals surface area (Å²) < 4.78 is 26.0. The van der Waals surface area contributed by atoms with Crippen molar-refractivity contribution in [1.29, 1.82) is 0 Å². The molecule has 2 heterocycles. The summed E-state index contributed by atoms with van der Waals surface area (Å²) >= 11 is 0. The number of anilines is 1. The van der Waals surface area contributed by atoms with E-state index in [4.69, 9.17) is 18.3 Å². The van der Waals surface area contributed by atoms with Gasteiger partial charge in [0.25, 0.3) is 5.69 Å². The number of rotatable bonds is 4. The summed E-state index contributed by atoms with van der Waals surface area (Å²) in [5, 5.41) is 15.4. The van der Waals surface area contributed by atoms with Crippen LogP contribution in [0.2, 0.25) is 0 Å². The zero-order valence-corrected chi connectivity index (χ0v) is 19.8. The molecule has 0 atom stereocenters. The van der Waals surface area contributed by atoms with Gasteiger partial charge in [-0.05, 0) is 0 Å². The molecule has 0 fully saturated rings. The third-order valence-corrected chi connectivity index (χ3v) is 6.03. The number of non-ortho nitro benzene ring substituents is 1. The molecule has 34 heavy (non-hydrogen) atoms. The van der Waals surface area contributed by atoms with Gasteiger partial charge in [0.15, 0.2) is 0 Å². The SMILES string of the molecule is COc1cc([N+](=O)[O-])cc2oc3cc(N(C)C)cc4oc5cc(=[N+](C)C)cc(OC)c5c(c12)c34. The Morgan fingerprint density at radius 2 is 1.29 bits per heavy atom. The van der Waals surface area contributed by atoms with Gasteiger partial charge in [0.05, 0.1) is 59.6 Å². The van der Waals surface area contributed by atoms with Crippen LogP contribution in [0.1, 0.15) is 0 Å². The Morgan fingerprint density at radius 1 is 0.765 bits per heavy atom. The molecule has 0 saturated carbocycles. The Balaban J connectivity index is 2.17. The van der Waals surface area contributed by atoms with Crippen molar-refractivity contribution in [2.24, 2.45) is 0 Å². The molecule has 5 aromatic rings. The highest BCUT2D eigenvalue weighted by molar-refractivity contribution is 6.28. The van der Waals surface area contributed by atoms with E-state index in [0.29, 0.717) is 39.2 Å². The number of nitro benzene ring substituents is 1. The first kappa shape index (κ1) is 21.6. The molecule has 0 radical (unpaired) electrons. The molecule has 0 amide bonds. The maximum Gasteiger partial charge on any atom is 0.276 e. The summed E-state index contributed by atoms with van der Waals surface area (Å²) in [6.07, 6.45) is 0. The topological polar surface area (TPSA) is 94.1 Å². The summed E-state index contributed by atoms with van der Waals surface area (Å²) in [6, 6.07) is 10.5. The Morgan fingerprint density at radius 3 is 1.79 bits per heavy atom. The van der Waals surface area contributed by atoms with Crippen LogP contribution >= 0.6 is 0 Å². The van der Waals surface area contributed by atoms with E-state index < -0.39 is 4.92 Å². The normalized spacial score (nSPS) is 11.5. The minimum atomic E-state index is -0.462. The first-order chi connectivity index (χ1) is 16.2. The molecule has 2 aromatic heterocycles. The number of methoxy groups -OCH3 is 2. The van der Waals surface area contributed by atoms with Gasteiger partial charge in [0, 0.05) is 37.3 Å². The molecule has 0 aliphatic carbocycles. The molecule has 0 aliphatic rings. The average Bonchev–Trinajstić information content (AvgIpc) is 2.81. The lowest BCUT2D eigenvalue weighted by atomic mass is 9.99. The molecular formula is C25H24N3O6+. The number of benzene rings is 3. The van der Waals surface area contributed by atoms with Crippen molar-refractivity contribution < 1.29 is 23.2 Å². The Hall–Kier alpha value is -4.27. The first-order valence-electron chi connectivity index (χ1n) is 10.6. The maximum atomic E-state index is 11.6. The van der Waals surface area contributed by atoms with Crippen LogP contribution in [0.15, 0.2) is 45.2 Å². The Labute approximate surface area is 194 Å². The van der Waals surface area contributed by atoms with E-state index >= 15 is 0 Å². The van der Waals surface area contributed by atoms with E-state index in [1.54, 1.807) is 7.11 Å². The molecule has 0 saturated heterocycles. The van der Waals surface area contributed by atoms with E-state index in [2.05, 4.69) is 0 Å². The molecule has 174 valence electrons. The van der Waals surface area contributed by atoms with E-state index in [1.807, 2.05) is 61.9 Å². The van der Waals surface area contributed by atoms with Gasteiger partial charge in [0.1, 0.15) is 47.9 Å². The van der Waals surface area contributed by atoms with Gasteiger partial charge < -0.3 is 23.2 Å². The minimum Gasteiger partial charge on any atom is -0.496 e. The third kappa shape index (κ3) is 3.12. The largest absolute Gasteiger partial charge is 0.496 e. The molecule has 0 spiro atoms. The number of hydrogen-bond donors (Lipinski definition) is 0. The highest BCUT2D eigenvalue weighted by Crippen LogP contribution is 2.46. The van der Waals surface area contributed by atoms with Crippen LogP contribution in [0.25, 0.3) is 43.9 Å². The lowest BCUT2D eigenvalue weighted by molar-refractivity contribution is -0.384. The Bertz CT molecular complexity index is 1710. The second-order valence-corrected chi connectivity index (χ2v) is 8.48. The standard InChI is InChI=1S/C25H24N3O6/c1-26(2)13-7-16(31-5)22-18(8-13)33-19-9-14(27(3)4)10-20-24(19)25(22)23-17(32-6)11-15(28(29)30)12-21(23)34-20/h7-12H,1-6H3/q+1. The summed E-state index contributed by atoms with van der Waals surface area (Å²) in [5.41, 5.74) is 2.85. The van der Waals surface area contributed by atoms with Crippen LogP contribution in [0.5, 0.6) is 11.5 Å². The zero-order valence-electron chi connectivity index (χ0n) is 19.8. The van der Waals surface area contributed by atoms with Crippen molar-refractivity contribution in [2.45, 2.75) is 0 Å². The monoisotopic (exact) mass is 462 g/mol. The highest BCUT2D eigenvalue weighted by Gasteiger charge is 2.24. The molecule has 3 aromatic carbocycles. The van der Waals surface area contributed by atoms with Gasteiger partial charge in [-0.3, -0.25) is 10.1 Å². The number of nitro groups is 1. The maximum absolute atomic E-state index is 11.6. The fraction of sp³-hybridized carbons (Fsp3) is 0.240. The fourth-order valence-corrected chi connectivity index (χ4v) is 4.35. The second-order valence-electron chi connectivity index (χ2n) is 8.48. The van der Waals surface area contributed by atoms with Crippen LogP contribution < -0.4 is 24.3 Å². The molecule has 0 bridgehead atoms. The smallest absolute Gasteiger partial charge is 0.276 e. The average molecular weight is 462 g/mol. The summed E-state index contributed by atoms with van der Waals surface area (Å²) in [5.74, 6) is 0.941. The van der Waals surface area contributed by atoms with E-state index in [-0.39, 0.29) is 5.69 Å². The van der Waals surface area contributed by atoms with E-state index in [0.717, 1.165) is 27.2 Å². The summed E-state index contributed by atoms with van der Waals surface area (Å²) in [4.78, 5) is 13.1. The highest BCUT2D eigenvalue weighted by atomic mass is 16.6. The number of nitrogens with zero attached hydrogens (tertiary/aromatic N) is 3. The zero-order chi connectivity index (χ0) is 24.3. The van der Waals surface area contributed by atoms with Crippen LogP contribution in [-0.4, -0.2) is 47.3 Å². The van der Waals surface area contributed by atoms with Crippen molar-refractivity contribution in [3.8, 4) is 11.5 Å². The van der Waals surface area contributed by atoms with Gasteiger partial charge in [-0.1, -0.05) is 0 Å². The van der Waals surface area contributed by atoms with Crippen molar-refractivity contribution in [1.82, 2.24) is 4.58 Å². The van der Waals surface area contributed by atoms with Gasteiger partial charge >= 0.3 is 0 Å². The molecule has 5 rings (SSSR count). The van der Waals surface area contributed by atoms with Gasteiger partial charge in [-0.2, -0.15) is 0 Å². The number of ether oxygens (including phenoxy) is 2. The van der Waals surface area contributed by atoms with Crippen molar-refractivity contribution in [3.05, 3.63) is 51.9 Å². The lowest BCUT2D eigenvalue weighted by Gasteiger charge is -2.18. The third-order valence-electron chi connectivity index (χ3n) is 6.03. The van der Waals surface area contributed by atoms with Crippen LogP contribution in [-0.2, 0) is 0 Å². The van der Waals surface area contributed by atoms with Crippen molar-refractivity contribution in [2.75, 3.05) is 47.3 Å². The second kappa shape index (κ2) is 7.65. The number of hydrogen-bond acceptors (Lipinski definition) is 7. The minimum absolute atomic E-state index is 0.120. The van der Waals surface area contributed by atoms with Crippen molar-refractivity contribution >= 4 is 55.3 Å². The van der Waals surface area contributed by atoms with E-state index in [9.17, 15) is 10.1 Å². The lowest BCUT2D eigenvalue weighted by Crippen LogP contribution is -2.21. The van der Waals surface area contributed by atoms with Gasteiger partial charge in [0.2, 0.25) is 5.36 Å². The van der Waals surface area contributed by atoms with Gasteiger partial charge in [-0.25, -0.2) is 4.58 Å². The summed E-state index contributed by atoms with van der Waals surface area (Å²) in [7, 11) is 10.8. The predicted molar refractivity (Wildman–Crippen MR) is 132 cm³/mol. The predicted octanol–water partition coefficient (Wildman–Crippen LogP) is 4.51. The molecule has 0 unspecified atom stereocenters. The molecule has 0 aliphatic heterocycles. The van der Waals surface area contributed by atoms with Gasteiger partial charge in [-0.15, -0.1) is 0 Å². The first-order valence-corrected chi connectivity index (χ1v) is 10.6.